The summed E-state index contributed by atoms with van der Waals surface area (Å²) in [7, 11) is 0. The van der Waals surface area contributed by atoms with Crippen molar-refractivity contribution in [1.82, 2.24) is 5.32 Å². The van der Waals surface area contributed by atoms with Crippen molar-refractivity contribution in [2.75, 3.05) is 6.54 Å². The second-order valence-corrected chi connectivity index (χ2v) is 5.59. The summed E-state index contributed by atoms with van der Waals surface area (Å²) in [6, 6.07) is 0.759. The van der Waals surface area contributed by atoms with Crippen molar-refractivity contribution < 1.29 is 0 Å². The lowest BCUT2D eigenvalue weighted by molar-refractivity contribution is 0.382. The van der Waals surface area contributed by atoms with Crippen LogP contribution in [-0.4, -0.2) is 12.6 Å². The molecular weight excluding hydrogens is 182 g/mol. The zero-order chi connectivity index (χ0) is 11.7. The predicted octanol–water partition coefficient (Wildman–Crippen LogP) is 4.23. The van der Waals surface area contributed by atoms with Gasteiger partial charge in [-0.25, -0.2) is 0 Å². The molecule has 0 aromatic carbocycles. The van der Waals surface area contributed by atoms with E-state index in [1.807, 2.05) is 0 Å². The highest BCUT2D eigenvalue weighted by molar-refractivity contribution is 4.68. The Morgan fingerprint density at radius 1 is 0.800 bits per heavy atom. The Morgan fingerprint density at radius 2 is 1.27 bits per heavy atom. The van der Waals surface area contributed by atoms with Crippen LogP contribution in [0.25, 0.3) is 0 Å². The molecule has 15 heavy (non-hydrogen) atoms. The summed E-state index contributed by atoms with van der Waals surface area (Å²) in [5, 5.41) is 3.68. The van der Waals surface area contributed by atoms with Gasteiger partial charge in [0, 0.05) is 6.04 Å². The second kappa shape index (κ2) is 9.21. The van der Waals surface area contributed by atoms with Crippen molar-refractivity contribution in [3.63, 3.8) is 0 Å². The Hall–Kier alpha value is -0.0400. The number of rotatable bonds is 9. The van der Waals surface area contributed by atoms with E-state index >= 15 is 0 Å². The third-order valence-corrected chi connectivity index (χ3v) is 2.87. The largest absolute Gasteiger partial charge is 0.314 e. The molecule has 0 spiro atoms. The maximum absolute atomic E-state index is 3.68. The smallest absolute Gasteiger partial charge is 0.00672 e. The Balaban J connectivity index is 3.73. The van der Waals surface area contributed by atoms with Gasteiger partial charge in [-0.1, -0.05) is 34.6 Å². The van der Waals surface area contributed by atoms with Crippen LogP contribution in [0.15, 0.2) is 0 Å². The van der Waals surface area contributed by atoms with E-state index in [9.17, 15) is 0 Å². The molecule has 0 bridgehead atoms. The third kappa shape index (κ3) is 10.2. The number of hydrogen-bond donors (Lipinski definition) is 1. The van der Waals surface area contributed by atoms with Gasteiger partial charge in [-0.2, -0.15) is 0 Å². The van der Waals surface area contributed by atoms with Crippen molar-refractivity contribution in [3.05, 3.63) is 0 Å². The highest BCUT2D eigenvalue weighted by Crippen LogP contribution is 2.14. The molecule has 92 valence electrons. The molecule has 0 aromatic rings. The maximum atomic E-state index is 3.68. The van der Waals surface area contributed by atoms with Gasteiger partial charge >= 0.3 is 0 Å². The fourth-order valence-corrected chi connectivity index (χ4v) is 1.77. The van der Waals surface area contributed by atoms with Gasteiger partial charge in [-0.15, -0.1) is 0 Å². The molecule has 0 aliphatic carbocycles. The molecule has 0 radical (unpaired) electrons. The Kier molecular flexibility index (Phi) is 9.18. The van der Waals surface area contributed by atoms with Crippen molar-refractivity contribution in [3.8, 4) is 0 Å². The lowest BCUT2D eigenvalue weighted by atomic mass is 9.97. The van der Waals surface area contributed by atoms with E-state index in [0.29, 0.717) is 0 Å². The zero-order valence-electron chi connectivity index (χ0n) is 11.5. The highest BCUT2D eigenvalue weighted by Gasteiger charge is 2.09. The van der Waals surface area contributed by atoms with Crippen LogP contribution in [0.4, 0.5) is 0 Å². The van der Waals surface area contributed by atoms with Crippen LogP contribution in [-0.2, 0) is 0 Å². The molecule has 0 fully saturated rings. The van der Waals surface area contributed by atoms with E-state index in [0.717, 1.165) is 17.9 Å². The van der Waals surface area contributed by atoms with Gasteiger partial charge in [0.05, 0.1) is 0 Å². The molecule has 1 N–H and O–H groups in total. The van der Waals surface area contributed by atoms with Gasteiger partial charge in [0.1, 0.15) is 0 Å². The van der Waals surface area contributed by atoms with Crippen molar-refractivity contribution >= 4 is 0 Å². The van der Waals surface area contributed by atoms with Gasteiger partial charge < -0.3 is 5.32 Å². The molecule has 0 saturated heterocycles. The summed E-state index contributed by atoms with van der Waals surface area (Å²) in [5.41, 5.74) is 0. The minimum Gasteiger partial charge on any atom is -0.314 e. The molecule has 0 saturated carbocycles. The van der Waals surface area contributed by atoms with E-state index in [4.69, 9.17) is 0 Å². The van der Waals surface area contributed by atoms with Gasteiger partial charge in [0.15, 0.2) is 0 Å². The van der Waals surface area contributed by atoms with Gasteiger partial charge in [0.2, 0.25) is 0 Å². The molecule has 0 unspecified atom stereocenters. The first kappa shape index (κ1) is 15.0. The van der Waals surface area contributed by atoms with Gasteiger partial charge in [0.25, 0.3) is 0 Å². The molecule has 0 aliphatic rings. The van der Waals surface area contributed by atoms with Crippen molar-refractivity contribution in [2.45, 2.75) is 72.8 Å². The topological polar surface area (TPSA) is 12.0 Å². The Labute approximate surface area is 97.0 Å². The fraction of sp³-hybridized carbons (Fsp3) is 1.00. The van der Waals surface area contributed by atoms with Crippen LogP contribution in [0.5, 0.6) is 0 Å². The molecule has 0 aromatic heterocycles. The summed E-state index contributed by atoms with van der Waals surface area (Å²) < 4.78 is 0. The molecule has 1 nitrogen and oxygen atoms in total. The average Bonchev–Trinajstić information content (AvgIpc) is 2.16. The van der Waals surface area contributed by atoms with Crippen LogP contribution >= 0.6 is 0 Å². The fourth-order valence-electron chi connectivity index (χ4n) is 1.77. The number of nitrogens with one attached hydrogen (secondary N) is 1. The second-order valence-electron chi connectivity index (χ2n) is 5.59. The summed E-state index contributed by atoms with van der Waals surface area (Å²) in [4.78, 5) is 0. The first-order valence-electron chi connectivity index (χ1n) is 6.79. The molecule has 0 aliphatic heterocycles. The van der Waals surface area contributed by atoms with Crippen molar-refractivity contribution in [1.29, 1.82) is 0 Å². The highest BCUT2D eigenvalue weighted by atomic mass is 14.9. The lowest BCUT2D eigenvalue weighted by Crippen LogP contribution is -2.30. The van der Waals surface area contributed by atoms with Crippen LogP contribution in [0.1, 0.15) is 66.7 Å². The quantitative estimate of drug-likeness (QED) is 0.604. The van der Waals surface area contributed by atoms with E-state index in [1.54, 1.807) is 0 Å². The summed E-state index contributed by atoms with van der Waals surface area (Å²) in [6.45, 7) is 12.7. The van der Waals surface area contributed by atoms with Gasteiger partial charge in [-0.05, 0) is 50.5 Å². The lowest BCUT2D eigenvalue weighted by Gasteiger charge is -2.20. The average molecular weight is 213 g/mol. The summed E-state index contributed by atoms with van der Waals surface area (Å²) in [6.07, 6.45) is 6.67. The predicted molar refractivity (Wildman–Crippen MR) is 70.2 cm³/mol. The first-order chi connectivity index (χ1) is 7.06. The Bertz CT molecular complexity index is 117. The minimum absolute atomic E-state index is 0.759. The van der Waals surface area contributed by atoms with E-state index < -0.39 is 0 Å². The SMILES string of the molecule is CCCNC(CCC(C)C)CCC(C)C. The molecule has 0 atom stereocenters. The minimum atomic E-state index is 0.759. The monoisotopic (exact) mass is 213 g/mol. The maximum Gasteiger partial charge on any atom is 0.00672 e. The standard InChI is InChI=1S/C14H31N/c1-6-11-15-14(9-7-12(2)3)10-8-13(4)5/h12-15H,6-11H2,1-5H3. The molecule has 1 heteroatoms. The van der Waals surface area contributed by atoms with E-state index in [1.165, 1.54) is 38.6 Å². The van der Waals surface area contributed by atoms with Crippen molar-refractivity contribution in [2.24, 2.45) is 11.8 Å². The van der Waals surface area contributed by atoms with Crippen LogP contribution < -0.4 is 5.32 Å². The molecular formula is C14H31N. The van der Waals surface area contributed by atoms with Crippen LogP contribution in [0, 0.1) is 11.8 Å². The molecule has 0 amide bonds. The first-order valence-corrected chi connectivity index (χ1v) is 6.79. The molecule has 0 rings (SSSR count). The van der Waals surface area contributed by atoms with Crippen LogP contribution in [0.2, 0.25) is 0 Å². The van der Waals surface area contributed by atoms with Crippen LogP contribution in [0.3, 0.4) is 0 Å². The summed E-state index contributed by atoms with van der Waals surface area (Å²) in [5.74, 6) is 1.69. The van der Waals surface area contributed by atoms with E-state index in [-0.39, 0.29) is 0 Å². The Morgan fingerprint density at radius 3 is 1.60 bits per heavy atom. The summed E-state index contributed by atoms with van der Waals surface area (Å²) >= 11 is 0. The number of hydrogen-bond acceptors (Lipinski definition) is 1. The third-order valence-electron chi connectivity index (χ3n) is 2.87. The zero-order valence-corrected chi connectivity index (χ0v) is 11.5. The van der Waals surface area contributed by atoms with E-state index in [2.05, 4.69) is 39.9 Å². The van der Waals surface area contributed by atoms with Gasteiger partial charge in [-0.3, -0.25) is 0 Å². The molecule has 0 heterocycles. The normalized spacial score (nSPS) is 12.0.